The Morgan fingerprint density at radius 2 is 2.33 bits per heavy atom. The zero-order valence-electron chi connectivity index (χ0n) is 10.8. The quantitative estimate of drug-likeness (QED) is 0.751. The smallest absolute Gasteiger partial charge is 0.227 e. The highest BCUT2D eigenvalue weighted by molar-refractivity contribution is 5.80. The van der Waals surface area contributed by atoms with Crippen molar-refractivity contribution in [2.45, 2.75) is 51.6 Å². The summed E-state index contributed by atoms with van der Waals surface area (Å²) < 4.78 is 5.12. The van der Waals surface area contributed by atoms with Crippen molar-refractivity contribution in [3.05, 3.63) is 29.2 Å². The molecule has 0 aliphatic carbocycles. The third kappa shape index (κ3) is 1.76. The summed E-state index contributed by atoms with van der Waals surface area (Å²) in [4.78, 5) is 14.5. The number of fused-ring (bicyclic) bond motifs is 2. The van der Waals surface area contributed by atoms with Gasteiger partial charge in [-0.05, 0) is 33.1 Å². The van der Waals surface area contributed by atoms with Crippen LogP contribution < -0.4 is 0 Å². The van der Waals surface area contributed by atoms with E-state index >= 15 is 0 Å². The van der Waals surface area contributed by atoms with Crippen molar-refractivity contribution in [1.29, 1.82) is 0 Å². The average molecular weight is 246 g/mol. The fourth-order valence-corrected chi connectivity index (χ4v) is 3.11. The van der Waals surface area contributed by atoms with Crippen LogP contribution in [0.3, 0.4) is 0 Å². The molecule has 1 aromatic heterocycles. The summed E-state index contributed by atoms with van der Waals surface area (Å²) in [6.07, 6.45) is 8.04. The lowest BCUT2D eigenvalue weighted by molar-refractivity contribution is -0.132. The molecule has 2 unspecified atom stereocenters. The molecule has 0 N–H and O–H groups in total. The fourth-order valence-electron chi connectivity index (χ4n) is 3.11. The van der Waals surface area contributed by atoms with Gasteiger partial charge in [0.25, 0.3) is 0 Å². The molecule has 0 spiro atoms. The van der Waals surface area contributed by atoms with Gasteiger partial charge in [-0.25, -0.2) is 0 Å². The molecule has 2 aliphatic heterocycles. The van der Waals surface area contributed by atoms with E-state index < -0.39 is 0 Å². The zero-order valence-corrected chi connectivity index (χ0v) is 10.8. The third-order valence-corrected chi connectivity index (χ3v) is 4.11. The second kappa shape index (κ2) is 4.26. The lowest BCUT2D eigenvalue weighted by atomic mass is 10.1. The second-order valence-electron chi connectivity index (χ2n) is 5.24. The summed E-state index contributed by atoms with van der Waals surface area (Å²) in [5.41, 5.74) is 1.79. The average Bonchev–Trinajstić information content (AvgIpc) is 2.79. The van der Waals surface area contributed by atoms with Gasteiger partial charge < -0.3 is 9.42 Å². The molecule has 96 valence electrons. The summed E-state index contributed by atoms with van der Waals surface area (Å²) in [7, 11) is 0. The Bertz CT molecular complexity index is 484. The van der Waals surface area contributed by atoms with Gasteiger partial charge in [-0.3, -0.25) is 4.79 Å². The van der Waals surface area contributed by atoms with E-state index in [1.165, 1.54) is 0 Å². The number of nitrogens with zero attached hydrogens (tertiary/aromatic N) is 2. The van der Waals surface area contributed by atoms with Crippen molar-refractivity contribution in [3.8, 4) is 0 Å². The minimum absolute atomic E-state index is 0.209. The first-order valence-corrected chi connectivity index (χ1v) is 6.56. The molecule has 4 heteroatoms. The van der Waals surface area contributed by atoms with Crippen LogP contribution in [0.1, 0.15) is 36.3 Å². The summed E-state index contributed by atoms with van der Waals surface area (Å²) in [6.45, 7) is 3.76. The van der Waals surface area contributed by atoms with Crippen molar-refractivity contribution in [2.75, 3.05) is 0 Å². The first kappa shape index (κ1) is 11.5. The van der Waals surface area contributed by atoms with Gasteiger partial charge in [0.2, 0.25) is 5.91 Å². The van der Waals surface area contributed by atoms with Crippen LogP contribution in [0.15, 0.2) is 16.7 Å². The highest BCUT2D eigenvalue weighted by atomic mass is 16.5. The number of amides is 1. The Kier molecular flexibility index (Phi) is 2.73. The Balaban J connectivity index is 1.78. The molecule has 4 nitrogen and oxygen atoms in total. The van der Waals surface area contributed by atoms with Gasteiger partial charge in [-0.15, -0.1) is 0 Å². The van der Waals surface area contributed by atoms with E-state index in [2.05, 4.69) is 22.2 Å². The summed E-state index contributed by atoms with van der Waals surface area (Å²) in [5.74, 6) is 0.974. The van der Waals surface area contributed by atoms with Crippen LogP contribution in [0.4, 0.5) is 0 Å². The zero-order chi connectivity index (χ0) is 12.7. The van der Waals surface area contributed by atoms with E-state index in [0.29, 0.717) is 18.5 Å². The van der Waals surface area contributed by atoms with Gasteiger partial charge in [0.1, 0.15) is 5.76 Å². The molecule has 2 bridgehead atoms. The summed E-state index contributed by atoms with van der Waals surface area (Å²) in [6, 6.07) is 0.727. The molecule has 18 heavy (non-hydrogen) atoms. The molecule has 0 saturated carbocycles. The highest BCUT2D eigenvalue weighted by Crippen LogP contribution is 2.32. The van der Waals surface area contributed by atoms with E-state index in [-0.39, 0.29) is 5.91 Å². The third-order valence-electron chi connectivity index (χ3n) is 4.11. The minimum Gasteiger partial charge on any atom is -0.361 e. The van der Waals surface area contributed by atoms with Crippen molar-refractivity contribution >= 4 is 5.91 Å². The molecule has 3 heterocycles. The molecule has 1 saturated heterocycles. The van der Waals surface area contributed by atoms with Crippen LogP contribution in [-0.2, 0) is 11.2 Å². The number of rotatable bonds is 2. The normalized spacial score (nSPS) is 25.8. The molecule has 2 aliphatic rings. The second-order valence-corrected chi connectivity index (χ2v) is 5.24. The van der Waals surface area contributed by atoms with Crippen LogP contribution >= 0.6 is 0 Å². The maximum atomic E-state index is 12.5. The Morgan fingerprint density at radius 1 is 1.50 bits per heavy atom. The number of hydrogen-bond donors (Lipinski definition) is 0. The van der Waals surface area contributed by atoms with Crippen molar-refractivity contribution in [3.63, 3.8) is 0 Å². The largest absolute Gasteiger partial charge is 0.361 e. The van der Waals surface area contributed by atoms with E-state index in [1.54, 1.807) is 0 Å². The lowest BCUT2D eigenvalue weighted by Gasteiger charge is -2.31. The molecule has 3 rings (SSSR count). The molecule has 1 aromatic rings. The number of hydrogen-bond acceptors (Lipinski definition) is 3. The maximum Gasteiger partial charge on any atom is 0.227 e. The summed E-state index contributed by atoms with van der Waals surface area (Å²) in [5, 5.41) is 3.91. The standard InChI is InChI=1S/C14H18N2O2/c1-9-13(10(2)18-15-9)8-14(17)16-11-4-3-5-12(16)7-6-11/h3-4,11-12H,5-8H2,1-2H3. The monoisotopic (exact) mass is 246 g/mol. The molecule has 2 atom stereocenters. The number of carbonyl (C=O) groups is 1. The van der Waals surface area contributed by atoms with E-state index in [4.69, 9.17) is 4.52 Å². The Hall–Kier alpha value is -1.58. The minimum atomic E-state index is 0.209. The predicted molar refractivity (Wildman–Crippen MR) is 67.1 cm³/mol. The highest BCUT2D eigenvalue weighted by Gasteiger charge is 2.37. The van der Waals surface area contributed by atoms with Gasteiger partial charge in [-0.2, -0.15) is 0 Å². The van der Waals surface area contributed by atoms with Crippen molar-refractivity contribution < 1.29 is 9.32 Å². The van der Waals surface area contributed by atoms with Crippen LogP contribution in [0.5, 0.6) is 0 Å². The van der Waals surface area contributed by atoms with Crippen LogP contribution in [-0.4, -0.2) is 28.0 Å². The number of aryl methyl sites for hydroxylation is 2. The fraction of sp³-hybridized carbons (Fsp3) is 0.571. The van der Waals surface area contributed by atoms with Gasteiger partial charge in [0.05, 0.1) is 18.2 Å². The molecular formula is C14H18N2O2. The molecular weight excluding hydrogens is 228 g/mol. The van der Waals surface area contributed by atoms with Gasteiger partial charge in [-0.1, -0.05) is 17.3 Å². The lowest BCUT2D eigenvalue weighted by Crippen LogP contribution is -2.43. The molecule has 0 radical (unpaired) electrons. The van der Waals surface area contributed by atoms with E-state index in [9.17, 15) is 4.79 Å². The Labute approximate surface area is 107 Å². The Morgan fingerprint density at radius 3 is 3.00 bits per heavy atom. The first-order valence-electron chi connectivity index (χ1n) is 6.56. The first-order chi connectivity index (χ1) is 8.66. The molecule has 1 amide bonds. The van der Waals surface area contributed by atoms with Crippen LogP contribution in [0.2, 0.25) is 0 Å². The van der Waals surface area contributed by atoms with E-state index in [1.807, 2.05) is 13.8 Å². The topological polar surface area (TPSA) is 46.3 Å². The molecule has 1 fully saturated rings. The van der Waals surface area contributed by atoms with Crippen LogP contribution in [0, 0.1) is 13.8 Å². The van der Waals surface area contributed by atoms with E-state index in [0.717, 1.165) is 36.3 Å². The SMILES string of the molecule is Cc1noc(C)c1CC(=O)N1C2C=CCC1CC2. The number of carbonyl (C=O) groups excluding carboxylic acids is 1. The summed E-state index contributed by atoms with van der Waals surface area (Å²) >= 11 is 0. The van der Waals surface area contributed by atoms with Gasteiger partial charge in [0.15, 0.2) is 0 Å². The van der Waals surface area contributed by atoms with Gasteiger partial charge >= 0.3 is 0 Å². The van der Waals surface area contributed by atoms with Crippen molar-refractivity contribution in [1.82, 2.24) is 10.1 Å². The van der Waals surface area contributed by atoms with Crippen molar-refractivity contribution in [2.24, 2.45) is 0 Å². The molecule has 0 aromatic carbocycles. The number of aromatic nitrogens is 1. The predicted octanol–water partition coefficient (Wildman–Crippen LogP) is 2.15. The maximum absolute atomic E-state index is 12.5. The van der Waals surface area contributed by atoms with Crippen LogP contribution in [0.25, 0.3) is 0 Å². The van der Waals surface area contributed by atoms with Gasteiger partial charge in [0, 0.05) is 11.6 Å².